The minimum atomic E-state index is -0.688. The van der Waals surface area contributed by atoms with Crippen LogP contribution in [0.5, 0.6) is 0 Å². The molecule has 1 saturated heterocycles. The smallest absolute Gasteiger partial charge is 0.247 e. The van der Waals surface area contributed by atoms with Crippen molar-refractivity contribution in [2.75, 3.05) is 38.7 Å². The Labute approximate surface area is 160 Å². The fourth-order valence-corrected chi connectivity index (χ4v) is 3.58. The molecule has 0 aliphatic carbocycles. The predicted molar refractivity (Wildman–Crippen MR) is 103 cm³/mol. The Kier molecular flexibility index (Phi) is 6.47. The van der Waals surface area contributed by atoms with Gasteiger partial charge in [0, 0.05) is 38.5 Å². The highest BCUT2D eigenvalue weighted by atomic mass is 16.5. The number of amides is 1. The van der Waals surface area contributed by atoms with E-state index in [2.05, 4.69) is 20.7 Å². The van der Waals surface area contributed by atoms with Gasteiger partial charge in [-0.05, 0) is 38.4 Å². The van der Waals surface area contributed by atoms with Crippen LogP contribution in [0.3, 0.4) is 0 Å². The second kappa shape index (κ2) is 9.01. The Morgan fingerprint density at radius 2 is 2.19 bits per heavy atom. The maximum absolute atomic E-state index is 13.1. The molecule has 1 amide bonds. The Bertz CT molecular complexity index is 734. The lowest BCUT2D eigenvalue weighted by molar-refractivity contribution is -0.127. The third-order valence-electron chi connectivity index (χ3n) is 4.82. The summed E-state index contributed by atoms with van der Waals surface area (Å²) in [6.45, 7) is 5.07. The number of rotatable bonds is 8. The van der Waals surface area contributed by atoms with Gasteiger partial charge < -0.3 is 19.9 Å². The molecular weight excluding hydrogens is 344 g/mol. The van der Waals surface area contributed by atoms with Crippen molar-refractivity contribution in [3.63, 3.8) is 0 Å². The van der Waals surface area contributed by atoms with Crippen molar-refractivity contribution >= 4 is 11.6 Å². The zero-order valence-electron chi connectivity index (χ0n) is 16.0. The summed E-state index contributed by atoms with van der Waals surface area (Å²) in [5.41, 5.74) is 1.15. The van der Waals surface area contributed by atoms with Crippen LogP contribution in [-0.4, -0.2) is 54.9 Å². The van der Waals surface area contributed by atoms with Gasteiger partial charge in [-0.2, -0.15) is 0 Å². The number of ether oxygens (including phenoxy) is 1. The van der Waals surface area contributed by atoms with Crippen LogP contribution in [0.4, 0.5) is 5.69 Å². The molecule has 0 radical (unpaired) electrons. The van der Waals surface area contributed by atoms with Crippen molar-refractivity contribution < 1.29 is 14.1 Å². The molecule has 2 aromatic rings. The maximum atomic E-state index is 13.1. The lowest BCUT2D eigenvalue weighted by atomic mass is 9.87. The molecule has 0 saturated carbocycles. The highest BCUT2D eigenvalue weighted by molar-refractivity contribution is 5.90. The Balaban J connectivity index is 1.76. The van der Waals surface area contributed by atoms with Crippen LogP contribution in [0.2, 0.25) is 0 Å². The normalized spacial score (nSPS) is 20.4. The van der Waals surface area contributed by atoms with E-state index in [1.54, 1.807) is 7.11 Å². The number of carbonyl (C=O) groups is 1. The van der Waals surface area contributed by atoms with Crippen LogP contribution in [0.15, 0.2) is 40.9 Å². The second-order valence-electron chi connectivity index (χ2n) is 7.06. The van der Waals surface area contributed by atoms with Gasteiger partial charge in [0.25, 0.3) is 0 Å². The molecule has 27 heavy (non-hydrogen) atoms. The third kappa shape index (κ3) is 5.08. The summed E-state index contributed by atoms with van der Waals surface area (Å²) < 4.78 is 10.3. The van der Waals surface area contributed by atoms with Gasteiger partial charge in [-0.25, -0.2) is 0 Å². The fraction of sp³-hybridized carbons (Fsp3) is 0.500. The maximum Gasteiger partial charge on any atom is 0.247 e. The van der Waals surface area contributed by atoms with Gasteiger partial charge in [0.2, 0.25) is 5.91 Å². The van der Waals surface area contributed by atoms with Crippen molar-refractivity contribution in [1.82, 2.24) is 15.4 Å². The van der Waals surface area contributed by atoms with Crippen LogP contribution in [0.1, 0.15) is 24.3 Å². The van der Waals surface area contributed by atoms with E-state index in [1.807, 2.05) is 43.3 Å². The number of nitrogens with one attached hydrogen (secondary N) is 2. The molecule has 2 heterocycles. The van der Waals surface area contributed by atoms with Gasteiger partial charge in [-0.3, -0.25) is 9.69 Å². The second-order valence-corrected chi connectivity index (χ2v) is 7.06. The van der Waals surface area contributed by atoms with Crippen molar-refractivity contribution in [2.45, 2.75) is 31.8 Å². The zero-order chi connectivity index (χ0) is 19.1. The van der Waals surface area contributed by atoms with Gasteiger partial charge in [0.05, 0.1) is 12.3 Å². The first-order chi connectivity index (χ1) is 13.1. The first-order valence-electron chi connectivity index (χ1n) is 9.36. The predicted octanol–water partition coefficient (Wildman–Crippen LogP) is 2.19. The molecule has 2 N–H and O–H groups in total. The van der Waals surface area contributed by atoms with Crippen molar-refractivity contribution in [2.24, 2.45) is 0 Å². The summed E-state index contributed by atoms with van der Waals surface area (Å²) in [4.78, 5) is 15.4. The topological polar surface area (TPSA) is 79.6 Å². The lowest BCUT2D eigenvalue weighted by Gasteiger charge is -2.42. The quantitative estimate of drug-likeness (QED) is 0.692. The van der Waals surface area contributed by atoms with Crippen LogP contribution < -0.4 is 10.6 Å². The lowest BCUT2D eigenvalue weighted by Crippen LogP contribution is -2.61. The number of benzene rings is 1. The molecule has 1 aromatic carbocycles. The first-order valence-corrected chi connectivity index (χ1v) is 9.36. The van der Waals surface area contributed by atoms with Crippen LogP contribution in [0.25, 0.3) is 0 Å². The summed E-state index contributed by atoms with van der Waals surface area (Å²) in [7, 11) is 1.63. The Hall–Kier alpha value is -2.38. The zero-order valence-corrected chi connectivity index (χ0v) is 16.0. The number of carbonyl (C=O) groups excluding carboxylic acids is 1. The third-order valence-corrected chi connectivity index (χ3v) is 4.82. The summed E-state index contributed by atoms with van der Waals surface area (Å²) in [5.74, 6) is 0.803. The average Bonchev–Trinajstić information content (AvgIpc) is 3.07. The SMILES string of the molecule is COCCNC(=O)C1(Nc2ccccc2)CCCN(Cc2cc(C)on2)C1. The molecule has 3 rings (SSSR count). The average molecular weight is 372 g/mol. The number of nitrogens with zero attached hydrogens (tertiary/aromatic N) is 2. The summed E-state index contributed by atoms with van der Waals surface area (Å²) in [5, 5.41) is 10.6. The van der Waals surface area contributed by atoms with Crippen molar-refractivity contribution in [3.05, 3.63) is 47.9 Å². The van der Waals surface area contributed by atoms with Gasteiger partial charge in [0.15, 0.2) is 0 Å². The number of piperidine rings is 1. The van der Waals surface area contributed by atoms with E-state index in [1.165, 1.54) is 0 Å². The molecule has 1 aromatic heterocycles. The molecule has 146 valence electrons. The van der Waals surface area contributed by atoms with E-state index in [0.717, 1.165) is 36.5 Å². The Morgan fingerprint density at radius 1 is 1.37 bits per heavy atom. The molecule has 1 aliphatic heterocycles. The van der Waals surface area contributed by atoms with Gasteiger partial charge in [-0.1, -0.05) is 23.4 Å². The van der Waals surface area contributed by atoms with E-state index >= 15 is 0 Å². The molecule has 7 nitrogen and oxygen atoms in total. The summed E-state index contributed by atoms with van der Waals surface area (Å²) >= 11 is 0. The number of hydrogen-bond donors (Lipinski definition) is 2. The Morgan fingerprint density at radius 3 is 2.89 bits per heavy atom. The molecule has 1 fully saturated rings. The largest absolute Gasteiger partial charge is 0.383 e. The molecule has 7 heteroatoms. The molecule has 0 bridgehead atoms. The summed E-state index contributed by atoms with van der Waals surface area (Å²) in [6, 6.07) is 11.8. The number of hydrogen-bond acceptors (Lipinski definition) is 6. The number of aryl methyl sites for hydroxylation is 1. The minimum Gasteiger partial charge on any atom is -0.383 e. The van der Waals surface area contributed by atoms with E-state index in [9.17, 15) is 4.79 Å². The van der Waals surface area contributed by atoms with Gasteiger partial charge in [0.1, 0.15) is 11.3 Å². The molecule has 1 aliphatic rings. The van der Waals surface area contributed by atoms with Gasteiger partial charge in [-0.15, -0.1) is 0 Å². The molecule has 1 atom stereocenters. The first kappa shape index (κ1) is 19.4. The van der Waals surface area contributed by atoms with E-state index in [0.29, 0.717) is 26.2 Å². The van der Waals surface area contributed by atoms with E-state index in [4.69, 9.17) is 9.26 Å². The molecular formula is C20H28N4O3. The van der Waals surface area contributed by atoms with Crippen LogP contribution in [0, 0.1) is 6.92 Å². The van der Waals surface area contributed by atoms with E-state index in [-0.39, 0.29) is 5.91 Å². The number of para-hydroxylation sites is 1. The number of likely N-dealkylation sites (tertiary alicyclic amines) is 1. The number of aromatic nitrogens is 1. The fourth-order valence-electron chi connectivity index (χ4n) is 3.58. The molecule has 0 spiro atoms. The number of anilines is 1. The summed E-state index contributed by atoms with van der Waals surface area (Å²) in [6.07, 6.45) is 1.70. The number of methoxy groups -OCH3 is 1. The van der Waals surface area contributed by atoms with Crippen LogP contribution >= 0.6 is 0 Å². The monoisotopic (exact) mass is 372 g/mol. The highest BCUT2D eigenvalue weighted by Crippen LogP contribution is 2.27. The standard InChI is InChI=1S/C20H28N4O3/c1-16-13-18(23-27-16)14-24-11-6-9-20(15-24,19(25)21-10-12-26-2)22-17-7-4-3-5-8-17/h3-5,7-8,13,22H,6,9-12,14-15H2,1-2H3,(H,21,25). The van der Waals surface area contributed by atoms with Crippen molar-refractivity contribution in [3.8, 4) is 0 Å². The highest BCUT2D eigenvalue weighted by Gasteiger charge is 2.42. The van der Waals surface area contributed by atoms with Gasteiger partial charge >= 0.3 is 0 Å². The van der Waals surface area contributed by atoms with E-state index < -0.39 is 5.54 Å². The molecule has 1 unspecified atom stereocenters. The van der Waals surface area contributed by atoms with Crippen LogP contribution in [-0.2, 0) is 16.1 Å². The van der Waals surface area contributed by atoms with Crippen molar-refractivity contribution in [1.29, 1.82) is 0 Å². The minimum absolute atomic E-state index is 0.00411.